The van der Waals surface area contributed by atoms with Gasteiger partial charge in [-0.1, -0.05) is 30.7 Å². The molecule has 2 aliphatic heterocycles. The standard InChI is InChI=1S/C24H31N3O5S/c1-4-21(27(33(3,29)30)20-8-5-18(2)6-9-20)24(28)26-13-11-25(12-14-26)16-19-7-10-22-23(15-19)32-17-31-22/h5-10,15,21H,4,11-14,16-17H2,1-3H3/t21-/m1/s1. The van der Waals surface area contributed by atoms with E-state index in [2.05, 4.69) is 4.90 Å². The Hall–Kier alpha value is -2.78. The first kappa shape index (κ1) is 23.4. The SMILES string of the molecule is CC[C@H](C(=O)N1CCN(Cc2ccc3c(c2)OCO3)CC1)N(c1ccc(C)cc1)S(C)(=O)=O. The van der Waals surface area contributed by atoms with Gasteiger partial charge in [0.05, 0.1) is 11.9 Å². The molecule has 0 radical (unpaired) electrons. The van der Waals surface area contributed by atoms with E-state index in [0.29, 0.717) is 25.2 Å². The Balaban J connectivity index is 1.42. The maximum absolute atomic E-state index is 13.4. The highest BCUT2D eigenvalue weighted by Crippen LogP contribution is 2.33. The number of amides is 1. The molecular weight excluding hydrogens is 442 g/mol. The summed E-state index contributed by atoms with van der Waals surface area (Å²) in [6, 6.07) is 12.4. The van der Waals surface area contributed by atoms with Crippen LogP contribution in [0, 0.1) is 6.92 Å². The van der Waals surface area contributed by atoms with Gasteiger partial charge in [-0.25, -0.2) is 8.42 Å². The van der Waals surface area contributed by atoms with Crippen LogP contribution < -0.4 is 13.8 Å². The second-order valence-electron chi connectivity index (χ2n) is 8.61. The van der Waals surface area contributed by atoms with Crippen LogP contribution >= 0.6 is 0 Å². The number of aryl methyl sites for hydroxylation is 1. The highest BCUT2D eigenvalue weighted by Gasteiger charge is 2.35. The third kappa shape index (κ3) is 5.25. The number of fused-ring (bicyclic) bond motifs is 1. The van der Waals surface area contributed by atoms with E-state index in [9.17, 15) is 13.2 Å². The van der Waals surface area contributed by atoms with Crippen LogP contribution in [0.3, 0.4) is 0 Å². The molecule has 2 aliphatic rings. The number of nitrogens with zero attached hydrogens (tertiary/aromatic N) is 3. The Morgan fingerprint density at radius 1 is 1.03 bits per heavy atom. The molecule has 2 heterocycles. The van der Waals surface area contributed by atoms with E-state index in [0.717, 1.165) is 48.5 Å². The van der Waals surface area contributed by atoms with E-state index in [1.54, 1.807) is 17.0 Å². The monoisotopic (exact) mass is 473 g/mol. The van der Waals surface area contributed by atoms with Gasteiger partial charge in [0, 0.05) is 32.7 Å². The molecule has 0 bridgehead atoms. The molecule has 1 atom stereocenters. The van der Waals surface area contributed by atoms with Crippen molar-refractivity contribution in [3.63, 3.8) is 0 Å². The molecule has 0 unspecified atom stereocenters. The largest absolute Gasteiger partial charge is 0.454 e. The zero-order valence-electron chi connectivity index (χ0n) is 19.4. The molecular formula is C24H31N3O5S. The van der Waals surface area contributed by atoms with Crippen LogP contribution in [0.15, 0.2) is 42.5 Å². The first-order valence-corrected chi connectivity index (χ1v) is 13.1. The fraction of sp³-hybridized carbons (Fsp3) is 0.458. The minimum absolute atomic E-state index is 0.147. The first-order chi connectivity index (χ1) is 15.8. The molecule has 1 amide bonds. The van der Waals surface area contributed by atoms with Crippen molar-refractivity contribution in [3.05, 3.63) is 53.6 Å². The van der Waals surface area contributed by atoms with Crippen LogP contribution in [0.4, 0.5) is 5.69 Å². The molecule has 9 heteroatoms. The maximum atomic E-state index is 13.4. The third-order valence-corrected chi connectivity index (χ3v) is 7.31. The van der Waals surface area contributed by atoms with E-state index < -0.39 is 16.1 Å². The molecule has 0 N–H and O–H groups in total. The highest BCUT2D eigenvalue weighted by atomic mass is 32.2. The lowest BCUT2D eigenvalue weighted by Gasteiger charge is -2.39. The number of anilines is 1. The number of rotatable bonds is 7. The Labute approximate surface area is 195 Å². The van der Waals surface area contributed by atoms with Crippen molar-refractivity contribution in [1.29, 1.82) is 0 Å². The zero-order valence-corrected chi connectivity index (χ0v) is 20.2. The van der Waals surface area contributed by atoms with Crippen LogP contribution in [-0.2, 0) is 21.4 Å². The maximum Gasteiger partial charge on any atom is 0.246 e. The second-order valence-corrected chi connectivity index (χ2v) is 10.5. The van der Waals surface area contributed by atoms with Gasteiger partial charge in [0.1, 0.15) is 6.04 Å². The van der Waals surface area contributed by atoms with Crippen molar-refractivity contribution in [2.75, 3.05) is 43.5 Å². The Morgan fingerprint density at radius 3 is 2.33 bits per heavy atom. The fourth-order valence-electron chi connectivity index (χ4n) is 4.37. The Morgan fingerprint density at radius 2 is 1.70 bits per heavy atom. The van der Waals surface area contributed by atoms with Crippen molar-refractivity contribution in [2.24, 2.45) is 0 Å². The van der Waals surface area contributed by atoms with Gasteiger partial charge >= 0.3 is 0 Å². The van der Waals surface area contributed by atoms with Crippen molar-refractivity contribution in [3.8, 4) is 11.5 Å². The van der Waals surface area contributed by atoms with Crippen LogP contribution in [0.1, 0.15) is 24.5 Å². The summed E-state index contributed by atoms with van der Waals surface area (Å²) in [4.78, 5) is 17.5. The number of hydrogen-bond acceptors (Lipinski definition) is 6. The van der Waals surface area contributed by atoms with Gasteiger partial charge in [-0.05, 0) is 43.2 Å². The van der Waals surface area contributed by atoms with E-state index >= 15 is 0 Å². The molecule has 2 aromatic carbocycles. The topological polar surface area (TPSA) is 79.4 Å². The predicted octanol–water partition coefficient (Wildman–Crippen LogP) is 2.61. The third-order valence-electron chi connectivity index (χ3n) is 6.13. The van der Waals surface area contributed by atoms with Crippen molar-refractivity contribution >= 4 is 21.6 Å². The van der Waals surface area contributed by atoms with Gasteiger partial charge in [-0.15, -0.1) is 0 Å². The highest BCUT2D eigenvalue weighted by molar-refractivity contribution is 7.92. The summed E-state index contributed by atoms with van der Waals surface area (Å²) in [5.74, 6) is 1.39. The number of benzene rings is 2. The molecule has 0 spiro atoms. The first-order valence-electron chi connectivity index (χ1n) is 11.2. The van der Waals surface area contributed by atoms with Gasteiger partial charge in [-0.2, -0.15) is 0 Å². The minimum Gasteiger partial charge on any atom is -0.454 e. The molecule has 0 saturated carbocycles. The zero-order chi connectivity index (χ0) is 23.6. The number of carbonyl (C=O) groups is 1. The van der Waals surface area contributed by atoms with E-state index in [1.165, 1.54) is 4.31 Å². The molecule has 8 nitrogen and oxygen atoms in total. The second kappa shape index (κ2) is 9.61. The van der Waals surface area contributed by atoms with Crippen LogP contribution in [0.5, 0.6) is 11.5 Å². The smallest absolute Gasteiger partial charge is 0.246 e. The summed E-state index contributed by atoms with van der Waals surface area (Å²) >= 11 is 0. The number of hydrogen-bond donors (Lipinski definition) is 0. The molecule has 1 fully saturated rings. The average molecular weight is 474 g/mol. The molecule has 178 valence electrons. The molecule has 33 heavy (non-hydrogen) atoms. The van der Waals surface area contributed by atoms with Gasteiger partial charge in [0.25, 0.3) is 0 Å². The fourth-order valence-corrected chi connectivity index (χ4v) is 5.58. The molecule has 0 aliphatic carbocycles. The summed E-state index contributed by atoms with van der Waals surface area (Å²) in [6.45, 7) is 7.38. The summed E-state index contributed by atoms with van der Waals surface area (Å²) in [6.07, 6.45) is 1.56. The lowest BCUT2D eigenvalue weighted by atomic mass is 10.1. The van der Waals surface area contributed by atoms with Gasteiger partial charge in [0.15, 0.2) is 11.5 Å². The summed E-state index contributed by atoms with van der Waals surface area (Å²) in [5.41, 5.74) is 2.68. The lowest BCUT2D eigenvalue weighted by Crippen LogP contribution is -2.55. The van der Waals surface area contributed by atoms with Crippen molar-refractivity contribution in [1.82, 2.24) is 9.80 Å². The van der Waals surface area contributed by atoms with Gasteiger partial charge in [-0.3, -0.25) is 14.0 Å². The van der Waals surface area contributed by atoms with Gasteiger partial charge in [0.2, 0.25) is 22.7 Å². The minimum atomic E-state index is -3.63. The molecule has 0 aromatic heterocycles. The quantitative estimate of drug-likeness (QED) is 0.615. The van der Waals surface area contributed by atoms with E-state index in [1.807, 2.05) is 44.2 Å². The average Bonchev–Trinajstić information content (AvgIpc) is 3.25. The number of carbonyl (C=O) groups excluding carboxylic acids is 1. The van der Waals surface area contributed by atoms with Crippen LogP contribution in [0.25, 0.3) is 0 Å². The van der Waals surface area contributed by atoms with E-state index in [-0.39, 0.29) is 12.7 Å². The summed E-state index contributed by atoms with van der Waals surface area (Å²) < 4.78 is 37.4. The number of piperazine rings is 1. The predicted molar refractivity (Wildman–Crippen MR) is 127 cm³/mol. The van der Waals surface area contributed by atoms with Gasteiger partial charge < -0.3 is 14.4 Å². The lowest BCUT2D eigenvalue weighted by molar-refractivity contribution is -0.134. The Bertz CT molecular complexity index is 1100. The molecule has 1 saturated heterocycles. The number of ether oxygens (including phenoxy) is 2. The molecule has 4 rings (SSSR count). The number of sulfonamides is 1. The van der Waals surface area contributed by atoms with Crippen molar-refractivity contribution < 1.29 is 22.7 Å². The normalized spacial score (nSPS) is 17.1. The summed E-state index contributed by atoms with van der Waals surface area (Å²) in [7, 11) is -3.63. The van der Waals surface area contributed by atoms with Crippen molar-refractivity contribution in [2.45, 2.75) is 32.9 Å². The Kier molecular flexibility index (Phi) is 6.81. The van der Waals surface area contributed by atoms with E-state index in [4.69, 9.17) is 9.47 Å². The molecule has 2 aromatic rings. The van der Waals surface area contributed by atoms with Crippen LogP contribution in [-0.4, -0.2) is 69.4 Å². The summed E-state index contributed by atoms with van der Waals surface area (Å²) in [5, 5.41) is 0. The van der Waals surface area contributed by atoms with Crippen LogP contribution in [0.2, 0.25) is 0 Å².